The van der Waals surface area contributed by atoms with Crippen LogP contribution in [-0.4, -0.2) is 19.7 Å². The fraction of sp³-hybridized carbons (Fsp3) is 0.455. The van der Waals surface area contributed by atoms with Crippen LogP contribution in [0, 0.1) is 5.92 Å². The van der Waals surface area contributed by atoms with E-state index < -0.39 is 0 Å². The molecule has 2 heteroatoms. The summed E-state index contributed by atoms with van der Waals surface area (Å²) in [6, 6.07) is 20.0. The summed E-state index contributed by atoms with van der Waals surface area (Å²) in [5.74, 6) is 2.16. The molecule has 128 valence electrons. The number of ether oxygens (including phenoxy) is 1. The molecule has 1 N–H and O–H groups in total. The minimum absolute atomic E-state index is 0.518. The van der Waals surface area contributed by atoms with Gasteiger partial charge in [-0.15, -0.1) is 0 Å². The highest BCUT2D eigenvalue weighted by atomic mass is 16.5. The van der Waals surface area contributed by atoms with Crippen LogP contribution in [0.3, 0.4) is 0 Å². The molecule has 1 fully saturated rings. The molecular formula is C22H29NO. The van der Waals surface area contributed by atoms with Gasteiger partial charge < -0.3 is 10.1 Å². The smallest absolute Gasteiger partial charge is 0.119 e. The van der Waals surface area contributed by atoms with Crippen molar-refractivity contribution in [2.24, 2.45) is 5.92 Å². The van der Waals surface area contributed by atoms with Crippen molar-refractivity contribution in [3.8, 4) is 5.75 Å². The van der Waals surface area contributed by atoms with Gasteiger partial charge in [0.1, 0.15) is 5.75 Å². The predicted molar refractivity (Wildman–Crippen MR) is 101 cm³/mol. The molecular weight excluding hydrogens is 294 g/mol. The summed E-state index contributed by atoms with van der Waals surface area (Å²) in [7, 11) is 2.06. The van der Waals surface area contributed by atoms with Gasteiger partial charge in [0, 0.05) is 12.0 Å². The first-order valence-electron chi connectivity index (χ1n) is 9.20. The van der Waals surface area contributed by atoms with Gasteiger partial charge in [0.05, 0.1) is 6.61 Å². The first kappa shape index (κ1) is 17.0. The van der Waals surface area contributed by atoms with Crippen molar-refractivity contribution in [2.75, 3.05) is 13.7 Å². The summed E-state index contributed by atoms with van der Waals surface area (Å²) in [6.45, 7) is 3.11. The second-order valence-corrected chi connectivity index (χ2v) is 7.06. The zero-order valence-electron chi connectivity index (χ0n) is 14.9. The summed E-state index contributed by atoms with van der Waals surface area (Å²) in [5, 5.41) is 3.42. The topological polar surface area (TPSA) is 21.3 Å². The van der Waals surface area contributed by atoms with Crippen LogP contribution in [0.4, 0.5) is 0 Å². The molecule has 0 saturated heterocycles. The Hall–Kier alpha value is -1.80. The van der Waals surface area contributed by atoms with Crippen LogP contribution in [0.25, 0.3) is 0 Å². The molecule has 0 spiro atoms. The molecule has 0 radical (unpaired) electrons. The summed E-state index contributed by atoms with van der Waals surface area (Å²) in [5.41, 5.74) is 2.77. The van der Waals surface area contributed by atoms with E-state index in [1.807, 2.05) is 0 Å². The van der Waals surface area contributed by atoms with E-state index >= 15 is 0 Å². The largest absolute Gasteiger partial charge is 0.493 e. The van der Waals surface area contributed by atoms with E-state index in [0.717, 1.165) is 18.8 Å². The van der Waals surface area contributed by atoms with Crippen molar-refractivity contribution in [3.05, 3.63) is 65.7 Å². The molecule has 1 aliphatic rings. The number of benzene rings is 2. The van der Waals surface area contributed by atoms with Gasteiger partial charge in [0.2, 0.25) is 0 Å². The third-order valence-corrected chi connectivity index (χ3v) is 5.33. The van der Waals surface area contributed by atoms with Crippen LogP contribution in [-0.2, 0) is 6.42 Å². The van der Waals surface area contributed by atoms with E-state index in [9.17, 15) is 0 Å². The monoisotopic (exact) mass is 323 g/mol. The van der Waals surface area contributed by atoms with Crippen molar-refractivity contribution >= 4 is 0 Å². The SMILES string of the molecule is CNC1CCCC1COc1ccc(C(C)Cc2ccccc2)cc1. The Balaban J connectivity index is 1.53. The third-order valence-electron chi connectivity index (χ3n) is 5.33. The van der Waals surface area contributed by atoms with Gasteiger partial charge in [-0.25, -0.2) is 0 Å². The Bertz CT molecular complexity index is 608. The molecule has 3 rings (SSSR count). The second kappa shape index (κ2) is 8.34. The van der Waals surface area contributed by atoms with E-state index in [4.69, 9.17) is 4.74 Å². The highest BCUT2D eigenvalue weighted by molar-refractivity contribution is 5.30. The van der Waals surface area contributed by atoms with Gasteiger partial charge in [-0.3, -0.25) is 0 Å². The second-order valence-electron chi connectivity index (χ2n) is 7.06. The number of hydrogen-bond acceptors (Lipinski definition) is 2. The summed E-state index contributed by atoms with van der Waals surface area (Å²) in [4.78, 5) is 0. The summed E-state index contributed by atoms with van der Waals surface area (Å²) >= 11 is 0. The molecule has 1 aliphatic carbocycles. The fourth-order valence-electron chi connectivity index (χ4n) is 3.80. The molecule has 0 aromatic heterocycles. The molecule has 0 amide bonds. The number of nitrogens with one attached hydrogen (secondary N) is 1. The highest BCUT2D eigenvalue weighted by Gasteiger charge is 2.26. The maximum atomic E-state index is 6.04. The number of hydrogen-bond donors (Lipinski definition) is 1. The molecule has 1 saturated carbocycles. The van der Waals surface area contributed by atoms with E-state index in [1.54, 1.807) is 0 Å². The van der Waals surface area contributed by atoms with Crippen molar-refractivity contribution in [1.29, 1.82) is 0 Å². The molecule has 2 aromatic carbocycles. The lowest BCUT2D eigenvalue weighted by Crippen LogP contribution is -2.32. The van der Waals surface area contributed by atoms with Crippen LogP contribution < -0.4 is 10.1 Å². The fourth-order valence-corrected chi connectivity index (χ4v) is 3.80. The molecule has 3 atom stereocenters. The highest BCUT2D eigenvalue weighted by Crippen LogP contribution is 2.27. The average molecular weight is 323 g/mol. The van der Waals surface area contributed by atoms with Gasteiger partial charge in [-0.1, -0.05) is 55.8 Å². The Morgan fingerprint density at radius 3 is 2.50 bits per heavy atom. The van der Waals surface area contributed by atoms with Crippen molar-refractivity contribution in [1.82, 2.24) is 5.32 Å². The van der Waals surface area contributed by atoms with Gasteiger partial charge in [-0.2, -0.15) is 0 Å². The van der Waals surface area contributed by atoms with Crippen molar-refractivity contribution in [3.63, 3.8) is 0 Å². The Morgan fingerprint density at radius 1 is 1.04 bits per heavy atom. The van der Waals surface area contributed by atoms with Crippen LogP contribution in [0.2, 0.25) is 0 Å². The van der Waals surface area contributed by atoms with E-state index in [1.165, 1.54) is 30.4 Å². The zero-order chi connectivity index (χ0) is 16.8. The molecule has 0 aliphatic heterocycles. The van der Waals surface area contributed by atoms with Crippen LogP contribution >= 0.6 is 0 Å². The van der Waals surface area contributed by atoms with E-state index in [2.05, 4.69) is 73.9 Å². The van der Waals surface area contributed by atoms with E-state index in [0.29, 0.717) is 17.9 Å². The van der Waals surface area contributed by atoms with Gasteiger partial charge >= 0.3 is 0 Å². The van der Waals surface area contributed by atoms with Crippen molar-refractivity contribution < 1.29 is 4.74 Å². The van der Waals surface area contributed by atoms with Gasteiger partial charge in [0.15, 0.2) is 0 Å². The zero-order valence-corrected chi connectivity index (χ0v) is 14.9. The maximum Gasteiger partial charge on any atom is 0.119 e. The predicted octanol–water partition coefficient (Wildman–Crippen LogP) is 4.80. The lowest BCUT2D eigenvalue weighted by Gasteiger charge is -2.19. The quantitative estimate of drug-likeness (QED) is 0.790. The maximum absolute atomic E-state index is 6.04. The standard InChI is InChI=1S/C22H29NO/c1-17(15-18-7-4-3-5-8-18)19-11-13-21(14-12-19)24-16-20-9-6-10-22(20)23-2/h3-5,7-8,11-14,17,20,22-23H,6,9-10,15-16H2,1-2H3. The van der Waals surface area contributed by atoms with Crippen LogP contribution in [0.5, 0.6) is 5.75 Å². The number of rotatable bonds is 7. The molecule has 0 heterocycles. The Kier molecular flexibility index (Phi) is 5.92. The normalized spacial score (nSPS) is 21.6. The summed E-state index contributed by atoms with van der Waals surface area (Å²) in [6.07, 6.45) is 4.95. The van der Waals surface area contributed by atoms with Gasteiger partial charge in [-0.05, 0) is 55.5 Å². The van der Waals surface area contributed by atoms with Crippen molar-refractivity contribution in [2.45, 2.75) is 44.6 Å². The molecule has 24 heavy (non-hydrogen) atoms. The first-order valence-corrected chi connectivity index (χ1v) is 9.20. The molecule has 0 bridgehead atoms. The first-order chi connectivity index (χ1) is 11.8. The summed E-state index contributed by atoms with van der Waals surface area (Å²) < 4.78 is 6.04. The minimum Gasteiger partial charge on any atom is -0.493 e. The Morgan fingerprint density at radius 2 is 1.79 bits per heavy atom. The van der Waals surface area contributed by atoms with Gasteiger partial charge in [0.25, 0.3) is 0 Å². The lowest BCUT2D eigenvalue weighted by molar-refractivity contribution is 0.229. The lowest BCUT2D eigenvalue weighted by atomic mass is 9.94. The molecule has 2 aromatic rings. The van der Waals surface area contributed by atoms with E-state index in [-0.39, 0.29) is 0 Å². The van der Waals surface area contributed by atoms with Crippen LogP contribution in [0.15, 0.2) is 54.6 Å². The Labute approximate surface area is 146 Å². The van der Waals surface area contributed by atoms with Crippen LogP contribution in [0.1, 0.15) is 43.2 Å². The molecule has 2 nitrogen and oxygen atoms in total. The third kappa shape index (κ3) is 4.39. The minimum atomic E-state index is 0.518. The average Bonchev–Trinajstić information content (AvgIpc) is 3.09. The molecule has 3 unspecified atom stereocenters.